The second-order valence-corrected chi connectivity index (χ2v) is 4.85. The lowest BCUT2D eigenvalue weighted by atomic mass is 10.2. The highest BCUT2D eigenvalue weighted by Gasteiger charge is 2.08. The van der Waals surface area contributed by atoms with Crippen molar-refractivity contribution >= 4 is 11.8 Å². The number of hydrogen-bond acceptors (Lipinski definition) is 2. The van der Waals surface area contributed by atoms with Crippen molar-refractivity contribution in [1.82, 2.24) is 5.32 Å². The summed E-state index contributed by atoms with van der Waals surface area (Å²) in [5.74, 6) is 0.821. The van der Waals surface area contributed by atoms with Gasteiger partial charge in [-0.25, -0.2) is 4.39 Å². The van der Waals surface area contributed by atoms with Gasteiger partial charge in [-0.15, -0.1) is 11.8 Å². The summed E-state index contributed by atoms with van der Waals surface area (Å²) in [6.45, 7) is 5.26. The van der Waals surface area contributed by atoms with Crippen LogP contribution >= 0.6 is 11.8 Å². The second-order valence-electron chi connectivity index (χ2n) is 3.78. The number of hydrogen-bond donors (Lipinski definition) is 1. The quantitative estimate of drug-likeness (QED) is 0.731. The molecule has 0 radical (unpaired) electrons. The molecule has 0 aliphatic carbocycles. The summed E-state index contributed by atoms with van der Waals surface area (Å²) in [6, 6.07) is 7.46. The standard InChI is InChI=1S/C13H20FNS/c1-3-7-11(15-4-2)10-16-13-9-6-5-8-12(13)14/h5-6,8-9,11,15H,3-4,7,10H2,1-2H3. The van der Waals surface area contributed by atoms with Gasteiger partial charge in [0.1, 0.15) is 5.82 Å². The third-order valence-corrected chi connectivity index (χ3v) is 3.62. The van der Waals surface area contributed by atoms with Crippen LogP contribution in [0.2, 0.25) is 0 Å². The van der Waals surface area contributed by atoms with Gasteiger partial charge in [0.05, 0.1) is 0 Å². The average molecular weight is 241 g/mol. The Bertz CT molecular complexity index is 298. The van der Waals surface area contributed by atoms with Crippen LogP contribution in [0.1, 0.15) is 26.7 Å². The number of halogens is 1. The molecule has 3 heteroatoms. The van der Waals surface area contributed by atoms with Crippen LogP contribution in [0.15, 0.2) is 29.2 Å². The van der Waals surface area contributed by atoms with Crippen LogP contribution in [0.25, 0.3) is 0 Å². The van der Waals surface area contributed by atoms with E-state index >= 15 is 0 Å². The molecule has 90 valence electrons. The Hall–Kier alpha value is -0.540. The summed E-state index contributed by atoms with van der Waals surface area (Å²) in [7, 11) is 0. The van der Waals surface area contributed by atoms with Crippen molar-refractivity contribution < 1.29 is 4.39 Å². The monoisotopic (exact) mass is 241 g/mol. The van der Waals surface area contributed by atoms with E-state index in [-0.39, 0.29) is 5.82 Å². The Morgan fingerprint density at radius 2 is 2.06 bits per heavy atom. The van der Waals surface area contributed by atoms with Gasteiger partial charge in [0, 0.05) is 16.7 Å². The van der Waals surface area contributed by atoms with Crippen molar-refractivity contribution in [2.24, 2.45) is 0 Å². The molecule has 1 aromatic rings. The van der Waals surface area contributed by atoms with Crippen LogP contribution in [0.4, 0.5) is 4.39 Å². The molecule has 0 heterocycles. The Morgan fingerprint density at radius 3 is 2.69 bits per heavy atom. The highest BCUT2D eigenvalue weighted by Crippen LogP contribution is 2.22. The van der Waals surface area contributed by atoms with Gasteiger partial charge < -0.3 is 5.32 Å². The molecule has 1 N–H and O–H groups in total. The van der Waals surface area contributed by atoms with E-state index in [1.54, 1.807) is 17.8 Å². The zero-order chi connectivity index (χ0) is 11.8. The van der Waals surface area contributed by atoms with Crippen LogP contribution in [0.5, 0.6) is 0 Å². The third kappa shape index (κ3) is 4.54. The van der Waals surface area contributed by atoms with Crippen LogP contribution in [0, 0.1) is 5.82 Å². The van der Waals surface area contributed by atoms with E-state index in [2.05, 4.69) is 19.2 Å². The lowest BCUT2D eigenvalue weighted by Crippen LogP contribution is -2.30. The normalized spacial score (nSPS) is 12.7. The maximum Gasteiger partial charge on any atom is 0.136 e. The van der Waals surface area contributed by atoms with E-state index in [1.807, 2.05) is 12.1 Å². The first kappa shape index (κ1) is 13.5. The zero-order valence-corrected chi connectivity index (χ0v) is 10.8. The summed E-state index contributed by atoms with van der Waals surface area (Å²) >= 11 is 1.60. The Labute approximate surface area is 102 Å². The van der Waals surface area contributed by atoms with Crippen molar-refractivity contribution in [3.05, 3.63) is 30.1 Å². The molecule has 16 heavy (non-hydrogen) atoms. The SMILES string of the molecule is CCCC(CSc1ccccc1F)NCC. The highest BCUT2D eigenvalue weighted by atomic mass is 32.2. The number of nitrogens with one attached hydrogen (secondary N) is 1. The fourth-order valence-electron chi connectivity index (χ4n) is 1.63. The van der Waals surface area contributed by atoms with Crippen molar-refractivity contribution in [1.29, 1.82) is 0 Å². The van der Waals surface area contributed by atoms with Crippen LogP contribution in [-0.4, -0.2) is 18.3 Å². The molecule has 1 atom stereocenters. The summed E-state index contributed by atoms with van der Waals surface area (Å²) in [5, 5.41) is 3.43. The first-order chi connectivity index (χ1) is 7.77. The molecule has 0 saturated carbocycles. The van der Waals surface area contributed by atoms with Gasteiger partial charge in [0.2, 0.25) is 0 Å². The van der Waals surface area contributed by atoms with Gasteiger partial charge in [-0.2, -0.15) is 0 Å². The van der Waals surface area contributed by atoms with Gasteiger partial charge in [0.25, 0.3) is 0 Å². The minimum Gasteiger partial charge on any atom is -0.313 e. The lowest BCUT2D eigenvalue weighted by molar-refractivity contribution is 0.530. The summed E-state index contributed by atoms with van der Waals surface area (Å²) in [5.41, 5.74) is 0. The smallest absolute Gasteiger partial charge is 0.136 e. The van der Waals surface area contributed by atoms with Crippen molar-refractivity contribution in [2.45, 2.75) is 37.6 Å². The Kier molecular flexibility index (Phi) is 6.50. The molecule has 0 saturated heterocycles. The minimum absolute atomic E-state index is 0.112. The molecule has 0 amide bonds. The number of thioether (sulfide) groups is 1. The zero-order valence-electron chi connectivity index (χ0n) is 10.0. The fourth-order valence-corrected chi connectivity index (χ4v) is 2.68. The molecule has 0 aromatic heterocycles. The van der Waals surface area contributed by atoms with Crippen LogP contribution in [-0.2, 0) is 0 Å². The minimum atomic E-state index is -0.112. The van der Waals surface area contributed by atoms with Crippen LogP contribution in [0.3, 0.4) is 0 Å². The third-order valence-electron chi connectivity index (χ3n) is 2.41. The van der Waals surface area contributed by atoms with E-state index in [9.17, 15) is 4.39 Å². The molecular formula is C13H20FNS. The van der Waals surface area contributed by atoms with Gasteiger partial charge in [0.15, 0.2) is 0 Å². The molecule has 0 bridgehead atoms. The highest BCUT2D eigenvalue weighted by molar-refractivity contribution is 7.99. The number of rotatable bonds is 7. The van der Waals surface area contributed by atoms with Gasteiger partial charge in [-0.05, 0) is 25.1 Å². The summed E-state index contributed by atoms with van der Waals surface area (Å²) in [6.07, 6.45) is 2.31. The Balaban J connectivity index is 2.45. The maximum absolute atomic E-state index is 13.4. The lowest BCUT2D eigenvalue weighted by Gasteiger charge is -2.16. The van der Waals surface area contributed by atoms with E-state index in [4.69, 9.17) is 0 Å². The molecular weight excluding hydrogens is 221 g/mol. The predicted octanol–water partition coefficient (Wildman–Crippen LogP) is 3.70. The van der Waals surface area contributed by atoms with Crippen LogP contribution < -0.4 is 5.32 Å². The van der Waals surface area contributed by atoms with Crippen molar-refractivity contribution in [3.63, 3.8) is 0 Å². The topological polar surface area (TPSA) is 12.0 Å². The number of benzene rings is 1. The first-order valence-corrected chi connectivity index (χ1v) is 6.87. The molecule has 1 unspecified atom stereocenters. The molecule has 1 nitrogen and oxygen atoms in total. The van der Waals surface area contributed by atoms with Gasteiger partial charge >= 0.3 is 0 Å². The van der Waals surface area contributed by atoms with Gasteiger partial charge in [-0.1, -0.05) is 32.4 Å². The van der Waals surface area contributed by atoms with E-state index in [0.29, 0.717) is 6.04 Å². The van der Waals surface area contributed by atoms with Crippen molar-refractivity contribution in [2.75, 3.05) is 12.3 Å². The molecule has 0 spiro atoms. The molecule has 0 aliphatic heterocycles. The molecule has 1 aromatic carbocycles. The van der Waals surface area contributed by atoms with Gasteiger partial charge in [-0.3, -0.25) is 0 Å². The Morgan fingerprint density at radius 1 is 1.31 bits per heavy atom. The second kappa shape index (κ2) is 7.69. The average Bonchev–Trinajstić information content (AvgIpc) is 2.28. The fraction of sp³-hybridized carbons (Fsp3) is 0.538. The first-order valence-electron chi connectivity index (χ1n) is 5.88. The van der Waals surface area contributed by atoms with E-state index in [1.165, 1.54) is 6.07 Å². The molecule has 1 rings (SSSR count). The summed E-state index contributed by atoms with van der Waals surface area (Å²) in [4.78, 5) is 0.751. The summed E-state index contributed by atoms with van der Waals surface area (Å²) < 4.78 is 13.4. The van der Waals surface area contributed by atoms with E-state index in [0.717, 1.165) is 30.0 Å². The predicted molar refractivity (Wildman–Crippen MR) is 69.5 cm³/mol. The largest absolute Gasteiger partial charge is 0.313 e. The molecule has 0 aliphatic rings. The maximum atomic E-state index is 13.4. The molecule has 0 fully saturated rings. The van der Waals surface area contributed by atoms with E-state index < -0.39 is 0 Å². The van der Waals surface area contributed by atoms with Crippen molar-refractivity contribution in [3.8, 4) is 0 Å².